The summed E-state index contributed by atoms with van der Waals surface area (Å²) in [6.07, 6.45) is 1.98. The molecule has 0 unspecified atom stereocenters. The minimum absolute atomic E-state index is 0.132. The van der Waals surface area contributed by atoms with Crippen molar-refractivity contribution in [1.82, 2.24) is 30.1 Å². The van der Waals surface area contributed by atoms with E-state index in [2.05, 4.69) is 25.4 Å². The monoisotopic (exact) mass is 405 g/mol. The van der Waals surface area contributed by atoms with E-state index >= 15 is 0 Å². The van der Waals surface area contributed by atoms with Crippen molar-refractivity contribution in [3.8, 4) is 0 Å². The van der Waals surface area contributed by atoms with E-state index in [4.69, 9.17) is 4.74 Å². The number of carbonyl (C=O) groups is 2. The lowest BCUT2D eigenvalue weighted by atomic mass is 10.2. The van der Waals surface area contributed by atoms with E-state index in [1.165, 1.54) is 18.0 Å². The van der Waals surface area contributed by atoms with Gasteiger partial charge in [-0.1, -0.05) is 11.8 Å². The first-order valence-corrected chi connectivity index (χ1v) is 10.1. The maximum atomic E-state index is 12.4. The highest BCUT2D eigenvalue weighted by Gasteiger charge is 2.22. The number of rotatable bonds is 7. The number of hydrogen-bond donors (Lipinski definition) is 0. The Kier molecular flexibility index (Phi) is 6.80. The van der Waals surface area contributed by atoms with Crippen LogP contribution in [-0.4, -0.2) is 80.5 Å². The fourth-order valence-electron chi connectivity index (χ4n) is 2.82. The standard InChI is InChI=1S/C17H23N7O3S/c1-3-27-16(26)13-4-5-14(18-12-13)23-7-9-24(10-8-23)15(25)6-11-28-17-19-20-21-22(17)2/h4-5,12H,3,6-11H2,1-2H3. The second-order valence-corrected chi connectivity index (χ2v) is 7.24. The van der Waals surface area contributed by atoms with E-state index in [1.807, 2.05) is 11.0 Å². The molecule has 0 N–H and O–H groups in total. The lowest BCUT2D eigenvalue weighted by Gasteiger charge is -2.35. The number of pyridine rings is 1. The maximum absolute atomic E-state index is 12.4. The van der Waals surface area contributed by atoms with Crippen molar-refractivity contribution in [2.75, 3.05) is 43.4 Å². The van der Waals surface area contributed by atoms with E-state index in [9.17, 15) is 9.59 Å². The molecule has 0 radical (unpaired) electrons. The predicted molar refractivity (Wildman–Crippen MR) is 103 cm³/mol. The van der Waals surface area contributed by atoms with Crippen LogP contribution in [0.15, 0.2) is 23.5 Å². The third kappa shape index (κ3) is 4.97. The summed E-state index contributed by atoms with van der Waals surface area (Å²) in [6.45, 7) is 4.82. The lowest BCUT2D eigenvalue weighted by Crippen LogP contribution is -2.49. The molecular formula is C17H23N7O3S. The fraction of sp³-hybridized carbons (Fsp3) is 0.529. The molecule has 3 heterocycles. The summed E-state index contributed by atoms with van der Waals surface area (Å²) in [5, 5.41) is 11.9. The number of anilines is 1. The molecule has 1 saturated heterocycles. The molecule has 2 aromatic heterocycles. The number of ether oxygens (including phenoxy) is 1. The quantitative estimate of drug-likeness (QED) is 0.484. The number of tetrazole rings is 1. The first-order valence-electron chi connectivity index (χ1n) is 9.09. The van der Waals surface area contributed by atoms with Crippen LogP contribution in [0.3, 0.4) is 0 Å². The zero-order valence-electron chi connectivity index (χ0n) is 15.9. The largest absolute Gasteiger partial charge is 0.462 e. The van der Waals surface area contributed by atoms with Gasteiger partial charge in [0.1, 0.15) is 5.82 Å². The van der Waals surface area contributed by atoms with Crippen molar-refractivity contribution in [3.05, 3.63) is 23.9 Å². The Balaban J connectivity index is 1.44. The molecule has 10 nitrogen and oxygen atoms in total. The SMILES string of the molecule is CCOC(=O)c1ccc(N2CCN(C(=O)CCSc3nnnn3C)CC2)nc1. The zero-order chi connectivity index (χ0) is 19.9. The van der Waals surface area contributed by atoms with Crippen LogP contribution >= 0.6 is 11.8 Å². The zero-order valence-corrected chi connectivity index (χ0v) is 16.8. The second-order valence-electron chi connectivity index (χ2n) is 6.18. The first kappa shape index (κ1) is 20.1. The highest BCUT2D eigenvalue weighted by Crippen LogP contribution is 2.17. The Labute approximate surface area is 167 Å². The smallest absolute Gasteiger partial charge is 0.339 e. The molecule has 28 heavy (non-hydrogen) atoms. The van der Waals surface area contributed by atoms with Gasteiger partial charge in [-0.15, -0.1) is 5.10 Å². The normalized spacial score (nSPS) is 14.2. The third-order valence-electron chi connectivity index (χ3n) is 4.34. The molecule has 1 aliphatic heterocycles. The summed E-state index contributed by atoms with van der Waals surface area (Å²) < 4.78 is 6.56. The topological polar surface area (TPSA) is 106 Å². The molecule has 150 valence electrons. The summed E-state index contributed by atoms with van der Waals surface area (Å²) in [5.41, 5.74) is 0.440. The summed E-state index contributed by atoms with van der Waals surface area (Å²) in [5.74, 6) is 1.20. The lowest BCUT2D eigenvalue weighted by molar-refractivity contribution is -0.131. The number of nitrogens with zero attached hydrogens (tertiary/aromatic N) is 7. The molecule has 0 bridgehead atoms. The van der Waals surface area contributed by atoms with Crippen LogP contribution in [0.2, 0.25) is 0 Å². The molecular weight excluding hydrogens is 382 g/mol. The molecule has 11 heteroatoms. The Morgan fingerprint density at radius 3 is 2.61 bits per heavy atom. The Morgan fingerprint density at radius 1 is 1.21 bits per heavy atom. The predicted octanol–water partition coefficient (Wildman–Crippen LogP) is 0.613. The van der Waals surface area contributed by atoms with Crippen LogP contribution in [0.5, 0.6) is 0 Å². The third-order valence-corrected chi connectivity index (χ3v) is 5.36. The van der Waals surface area contributed by atoms with Gasteiger partial charge in [-0.2, -0.15) is 0 Å². The van der Waals surface area contributed by atoms with Crippen molar-refractivity contribution in [2.45, 2.75) is 18.5 Å². The van der Waals surface area contributed by atoms with E-state index in [1.54, 1.807) is 24.7 Å². The van der Waals surface area contributed by atoms with Crippen molar-refractivity contribution in [3.63, 3.8) is 0 Å². The molecule has 1 fully saturated rings. The second kappa shape index (κ2) is 9.49. The van der Waals surface area contributed by atoms with Crippen LogP contribution in [0, 0.1) is 0 Å². The fourth-order valence-corrected chi connectivity index (χ4v) is 3.60. The summed E-state index contributed by atoms with van der Waals surface area (Å²) in [6, 6.07) is 3.53. The minimum Gasteiger partial charge on any atom is -0.462 e. The van der Waals surface area contributed by atoms with Gasteiger partial charge in [-0.25, -0.2) is 14.5 Å². The Bertz CT molecular complexity index is 803. The number of carbonyl (C=O) groups excluding carboxylic acids is 2. The van der Waals surface area contributed by atoms with Gasteiger partial charge in [-0.05, 0) is 29.5 Å². The summed E-state index contributed by atoms with van der Waals surface area (Å²) >= 11 is 1.47. The van der Waals surface area contributed by atoms with Gasteiger partial charge in [0.2, 0.25) is 11.1 Å². The van der Waals surface area contributed by atoms with E-state index in [0.29, 0.717) is 55.7 Å². The molecule has 1 aliphatic rings. The molecule has 2 aromatic rings. The number of amides is 1. The van der Waals surface area contributed by atoms with Crippen molar-refractivity contribution < 1.29 is 14.3 Å². The van der Waals surface area contributed by atoms with Gasteiger partial charge >= 0.3 is 5.97 Å². The Hall–Kier alpha value is -2.69. The maximum Gasteiger partial charge on any atom is 0.339 e. The highest BCUT2D eigenvalue weighted by atomic mass is 32.2. The van der Waals surface area contributed by atoms with E-state index in [0.717, 1.165) is 5.82 Å². The van der Waals surface area contributed by atoms with Crippen molar-refractivity contribution >= 4 is 29.5 Å². The number of aryl methyl sites for hydroxylation is 1. The minimum atomic E-state index is -0.369. The van der Waals surface area contributed by atoms with Gasteiger partial charge in [0.15, 0.2) is 0 Å². The van der Waals surface area contributed by atoms with Crippen molar-refractivity contribution in [1.29, 1.82) is 0 Å². The first-order chi connectivity index (χ1) is 13.6. The van der Waals surface area contributed by atoms with Crippen LogP contribution in [-0.2, 0) is 16.6 Å². The Morgan fingerprint density at radius 2 is 2.00 bits per heavy atom. The summed E-state index contributed by atoms with van der Waals surface area (Å²) in [7, 11) is 1.77. The summed E-state index contributed by atoms with van der Waals surface area (Å²) in [4.78, 5) is 32.4. The van der Waals surface area contributed by atoms with Gasteiger partial charge in [0.25, 0.3) is 0 Å². The van der Waals surface area contributed by atoms with Gasteiger partial charge in [0.05, 0.1) is 12.2 Å². The van der Waals surface area contributed by atoms with Crippen molar-refractivity contribution in [2.24, 2.45) is 7.05 Å². The number of aromatic nitrogens is 5. The molecule has 0 saturated carbocycles. The molecule has 0 spiro atoms. The number of piperazine rings is 1. The number of hydrogen-bond acceptors (Lipinski definition) is 9. The van der Waals surface area contributed by atoms with Gasteiger partial charge in [0, 0.05) is 51.6 Å². The number of esters is 1. The molecule has 3 rings (SSSR count). The van der Waals surface area contributed by atoms with Crippen LogP contribution in [0.1, 0.15) is 23.7 Å². The average Bonchev–Trinajstić information content (AvgIpc) is 3.13. The molecule has 0 aliphatic carbocycles. The van der Waals surface area contributed by atoms with Crippen LogP contribution < -0.4 is 4.90 Å². The van der Waals surface area contributed by atoms with Gasteiger partial charge < -0.3 is 14.5 Å². The van der Waals surface area contributed by atoms with E-state index in [-0.39, 0.29) is 11.9 Å². The molecule has 0 atom stereocenters. The molecule has 1 amide bonds. The number of thioether (sulfide) groups is 1. The highest BCUT2D eigenvalue weighted by molar-refractivity contribution is 7.99. The van der Waals surface area contributed by atoms with Crippen LogP contribution in [0.25, 0.3) is 0 Å². The van der Waals surface area contributed by atoms with E-state index < -0.39 is 0 Å². The molecule has 0 aromatic carbocycles. The van der Waals surface area contributed by atoms with Crippen LogP contribution in [0.4, 0.5) is 5.82 Å². The van der Waals surface area contributed by atoms with Gasteiger partial charge in [-0.3, -0.25) is 4.79 Å². The average molecular weight is 405 g/mol.